The highest BCUT2D eigenvalue weighted by atomic mass is 35.5. The maximum Gasteiger partial charge on any atom is 0.263 e. The molecule has 5 nitrogen and oxygen atoms in total. The van der Waals surface area contributed by atoms with Gasteiger partial charge in [0.2, 0.25) is 5.91 Å². The maximum absolute atomic E-state index is 12.4. The molecule has 0 aromatic heterocycles. The summed E-state index contributed by atoms with van der Waals surface area (Å²) >= 11 is 11.8. The van der Waals surface area contributed by atoms with Gasteiger partial charge in [-0.15, -0.1) is 0 Å². The Morgan fingerprint density at radius 3 is 2.38 bits per heavy atom. The average Bonchev–Trinajstić information content (AvgIpc) is 2.96. The van der Waals surface area contributed by atoms with E-state index in [2.05, 4.69) is 4.72 Å². The lowest BCUT2D eigenvalue weighted by Gasteiger charge is -2.16. The predicted octanol–water partition coefficient (Wildman–Crippen LogP) is 3.92. The van der Waals surface area contributed by atoms with Gasteiger partial charge in [-0.3, -0.25) is 9.52 Å². The van der Waals surface area contributed by atoms with Crippen molar-refractivity contribution in [2.75, 3.05) is 16.2 Å². The zero-order chi connectivity index (χ0) is 17.3. The van der Waals surface area contributed by atoms with Crippen molar-refractivity contribution in [2.45, 2.75) is 17.7 Å². The first-order chi connectivity index (χ1) is 11.4. The lowest BCUT2D eigenvalue weighted by molar-refractivity contribution is -0.117. The number of carbonyl (C=O) groups is 1. The van der Waals surface area contributed by atoms with E-state index in [1.807, 2.05) is 0 Å². The molecule has 1 N–H and O–H groups in total. The van der Waals surface area contributed by atoms with Gasteiger partial charge in [0.15, 0.2) is 0 Å². The van der Waals surface area contributed by atoms with Gasteiger partial charge in [-0.2, -0.15) is 0 Å². The van der Waals surface area contributed by atoms with Crippen molar-refractivity contribution < 1.29 is 13.2 Å². The predicted molar refractivity (Wildman–Crippen MR) is 95.3 cm³/mol. The van der Waals surface area contributed by atoms with E-state index in [4.69, 9.17) is 23.2 Å². The molecular weight excluding hydrogens is 371 g/mol. The SMILES string of the molecule is O=C1CCCN1c1ccc(NS(=O)(=O)c2cccc(Cl)c2Cl)cc1. The van der Waals surface area contributed by atoms with Crippen LogP contribution in [0.25, 0.3) is 0 Å². The zero-order valence-electron chi connectivity index (χ0n) is 12.5. The lowest BCUT2D eigenvalue weighted by atomic mass is 10.2. The van der Waals surface area contributed by atoms with Crippen molar-refractivity contribution in [3.05, 3.63) is 52.5 Å². The second-order valence-corrected chi connectivity index (χ2v) is 7.79. The van der Waals surface area contributed by atoms with Crippen LogP contribution in [0.1, 0.15) is 12.8 Å². The Balaban J connectivity index is 1.83. The summed E-state index contributed by atoms with van der Waals surface area (Å²) in [4.78, 5) is 13.3. The molecule has 2 aromatic rings. The summed E-state index contributed by atoms with van der Waals surface area (Å²) in [6.07, 6.45) is 1.38. The molecule has 8 heteroatoms. The van der Waals surface area contributed by atoms with E-state index in [0.29, 0.717) is 18.7 Å². The van der Waals surface area contributed by atoms with E-state index in [1.165, 1.54) is 18.2 Å². The number of halogens is 2. The van der Waals surface area contributed by atoms with Gasteiger partial charge in [0.1, 0.15) is 4.90 Å². The number of anilines is 2. The highest BCUT2D eigenvalue weighted by Gasteiger charge is 2.22. The Morgan fingerprint density at radius 2 is 1.75 bits per heavy atom. The number of benzene rings is 2. The molecule has 0 spiro atoms. The number of nitrogens with zero attached hydrogens (tertiary/aromatic N) is 1. The van der Waals surface area contributed by atoms with Crippen molar-refractivity contribution in [2.24, 2.45) is 0 Å². The van der Waals surface area contributed by atoms with Crippen LogP contribution in [0.5, 0.6) is 0 Å². The number of hydrogen-bond acceptors (Lipinski definition) is 3. The van der Waals surface area contributed by atoms with Gasteiger partial charge in [0.05, 0.1) is 10.0 Å². The smallest absolute Gasteiger partial charge is 0.263 e. The highest BCUT2D eigenvalue weighted by molar-refractivity contribution is 7.92. The quantitative estimate of drug-likeness (QED) is 0.868. The van der Waals surface area contributed by atoms with E-state index < -0.39 is 10.0 Å². The minimum atomic E-state index is -3.86. The first kappa shape index (κ1) is 17.1. The fourth-order valence-electron chi connectivity index (χ4n) is 2.53. The molecule has 1 fully saturated rings. The fourth-order valence-corrected chi connectivity index (χ4v) is 4.35. The molecule has 0 saturated carbocycles. The summed E-state index contributed by atoms with van der Waals surface area (Å²) in [5.41, 5.74) is 1.13. The molecule has 0 aliphatic carbocycles. The van der Waals surface area contributed by atoms with E-state index >= 15 is 0 Å². The van der Waals surface area contributed by atoms with Crippen LogP contribution in [0.2, 0.25) is 10.0 Å². The van der Waals surface area contributed by atoms with Crippen LogP contribution in [-0.4, -0.2) is 20.9 Å². The molecular formula is C16H14Cl2N2O3S. The maximum atomic E-state index is 12.4. The molecule has 1 aliphatic rings. The van der Waals surface area contributed by atoms with Crippen LogP contribution >= 0.6 is 23.2 Å². The van der Waals surface area contributed by atoms with Gasteiger partial charge in [-0.25, -0.2) is 8.42 Å². The second kappa shape index (κ2) is 6.63. The topological polar surface area (TPSA) is 66.5 Å². The van der Waals surface area contributed by atoms with E-state index in [-0.39, 0.29) is 20.8 Å². The van der Waals surface area contributed by atoms with Crippen molar-refractivity contribution in [3.63, 3.8) is 0 Å². The van der Waals surface area contributed by atoms with Crippen molar-refractivity contribution in [1.29, 1.82) is 0 Å². The summed E-state index contributed by atoms with van der Waals surface area (Å²) in [6.45, 7) is 0.683. The van der Waals surface area contributed by atoms with Crippen molar-refractivity contribution in [3.8, 4) is 0 Å². The Labute approximate surface area is 150 Å². The first-order valence-corrected chi connectivity index (χ1v) is 9.50. The van der Waals surface area contributed by atoms with Crippen LogP contribution in [0.4, 0.5) is 11.4 Å². The van der Waals surface area contributed by atoms with Crippen LogP contribution in [-0.2, 0) is 14.8 Å². The number of amides is 1. The number of nitrogens with one attached hydrogen (secondary N) is 1. The molecule has 1 saturated heterocycles. The lowest BCUT2D eigenvalue weighted by Crippen LogP contribution is -2.23. The Hall–Kier alpha value is -1.76. The third kappa shape index (κ3) is 3.36. The van der Waals surface area contributed by atoms with Crippen LogP contribution < -0.4 is 9.62 Å². The zero-order valence-corrected chi connectivity index (χ0v) is 14.8. The Kier molecular flexibility index (Phi) is 4.71. The van der Waals surface area contributed by atoms with Gasteiger partial charge in [-0.1, -0.05) is 29.3 Å². The molecule has 1 amide bonds. The Morgan fingerprint density at radius 1 is 1.04 bits per heavy atom. The standard InChI is InChI=1S/C16H14Cl2N2O3S/c17-13-3-1-4-14(16(13)18)24(22,23)19-11-6-8-12(9-7-11)20-10-2-5-15(20)21/h1,3-4,6-9,19H,2,5,10H2. The normalized spacial score (nSPS) is 14.9. The minimum absolute atomic E-state index is 0.0223. The summed E-state index contributed by atoms with van der Waals surface area (Å²) in [6, 6.07) is 11.1. The molecule has 24 heavy (non-hydrogen) atoms. The number of carbonyl (C=O) groups excluding carboxylic acids is 1. The molecule has 0 radical (unpaired) electrons. The van der Waals surface area contributed by atoms with E-state index in [0.717, 1.165) is 12.1 Å². The molecule has 0 bridgehead atoms. The number of rotatable bonds is 4. The molecule has 0 atom stereocenters. The van der Waals surface area contributed by atoms with Gasteiger partial charge >= 0.3 is 0 Å². The first-order valence-electron chi connectivity index (χ1n) is 7.26. The third-order valence-corrected chi connectivity index (χ3v) is 6.06. The minimum Gasteiger partial charge on any atom is -0.312 e. The van der Waals surface area contributed by atoms with Gasteiger partial charge in [0, 0.05) is 24.3 Å². The monoisotopic (exact) mass is 384 g/mol. The largest absolute Gasteiger partial charge is 0.312 e. The summed E-state index contributed by atoms with van der Waals surface area (Å²) in [5.74, 6) is 0.0778. The summed E-state index contributed by atoms with van der Waals surface area (Å²) in [5, 5.41) is 0.147. The van der Waals surface area contributed by atoms with Crippen LogP contribution in [0, 0.1) is 0 Å². The molecule has 1 heterocycles. The molecule has 2 aromatic carbocycles. The summed E-state index contributed by atoms with van der Waals surface area (Å²) < 4.78 is 27.4. The van der Waals surface area contributed by atoms with E-state index in [9.17, 15) is 13.2 Å². The third-order valence-electron chi connectivity index (χ3n) is 3.71. The van der Waals surface area contributed by atoms with Crippen molar-refractivity contribution >= 4 is 50.5 Å². The average molecular weight is 385 g/mol. The Bertz CT molecular complexity index is 883. The van der Waals surface area contributed by atoms with E-state index in [1.54, 1.807) is 29.2 Å². The summed E-state index contributed by atoms with van der Waals surface area (Å²) in [7, 11) is -3.86. The number of hydrogen-bond donors (Lipinski definition) is 1. The van der Waals surface area contributed by atoms with Gasteiger partial charge in [0.25, 0.3) is 10.0 Å². The van der Waals surface area contributed by atoms with Crippen molar-refractivity contribution in [1.82, 2.24) is 0 Å². The van der Waals surface area contributed by atoms with Gasteiger partial charge < -0.3 is 4.90 Å². The van der Waals surface area contributed by atoms with Gasteiger partial charge in [-0.05, 0) is 42.8 Å². The molecule has 3 rings (SSSR count). The highest BCUT2D eigenvalue weighted by Crippen LogP contribution is 2.30. The fraction of sp³-hybridized carbons (Fsp3) is 0.188. The molecule has 1 aliphatic heterocycles. The van der Waals surface area contributed by atoms with Crippen LogP contribution in [0.3, 0.4) is 0 Å². The molecule has 126 valence electrons. The van der Waals surface area contributed by atoms with Crippen LogP contribution in [0.15, 0.2) is 47.4 Å². The number of sulfonamides is 1. The molecule has 0 unspecified atom stereocenters. The second-order valence-electron chi connectivity index (χ2n) is 5.35.